The van der Waals surface area contributed by atoms with Crippen molar-refractivity contribution >= 4 is 6.09 Å². The van der Waals surface area contributed by atoms with Gasteiger partial charge in [-0.15, -0.1) is 0 Å². The highest BCUT2D eigenvalue weighted by atomic mass is 19.1. The first-order chi connectivity index (χ1) is 8.06. The minimum Gasteiger partial charge on any atom is -0.444 e. The van der Waals surface area contributed by atoms with E-state index in [2.05, 4.69) is 4.74 Å². The standard InChI is InChI=1S/C11H11FN2O3/c12-10-4-7(1-2-8(10)5-13)3-9(6-15)17-11(14)16/h1-2,4,9,15H,3,6H2,(H2,14,16). The van der Waals surface area contributed by atoms with Crippen LogP contribution in [0.5, 0.6) is 0 Å². The van der Waals surface area contributed by atoms with E-state index in [-0.39, 0.29) is 12.0 Å². The van der Waals surface area contributed by atoms with Crippen molar-refractivity contribution in [2.45, 2.75) is 12.5 Å². The van der Waals surface area contributed by atoms with E-state index >= 15 is 0 Å². The van der Waals surface area contributed by atoms with Crippen molar-refractivity contribution in [2.75, 3.05) is 6.61 Å². The van der Waals surface area contributed by atoms with Crippen LogP contribution in [0, 0.1) is 17.1 Å². The molecule has 0 spiro atoms. The fraction of sp³-hybridized carbons (Fsp3) is 0.273. The Balaban J connectivity index is 2.77. The fourth-order valence-corrected chi connectivity index (χ4v) is 1.35. The Morgan fingerprint density at radius 3 is 2.82 bits per heavy atom. The van der Waals surface area contributed by atoms with Gasteiger partial charge in [-0.2, -0.15) is 5.26 Å². The molecule has 0 aliphatic rings. The first kappa shape index (κ1) is 12.9. The Kier molecular flexibility index (Phi) is 4.43. The number of primary amides is 1. The molecule has 1 unspecified atom stereocenters. The lowest BCUT2D eigenvalue weighted by Gasteiger charge is -2.13. The van der Waals surface area contributed by atoms with Gasteiger partial charge in [-0.05, 0) is 17.7 Å². The minimum atomic E-state index is -1.00. The van der Waals surface area contributed by atoms with Crippen LogP contribution in [0.15, 0.2) is 18.2 Å². The van der Waals surface area contributed by atoms with Crippen molar-refractivity contribution in [3.63, 3.8) is 0 Å². The zero-order chi connectivity index (χ0) is 12.8. The summed E-state index contributed by atoms with van der Waals surface area (Å²) in [5, 5.41) is 17.5. The molecule has 0 aliphatic heterocycles. The third-order valence-electron chi connectivity index (χ3n) is 2.10. The number of hydrogen-bond acceptors (Lipinski definition) is 4. The first-order valence-corrected chi connectivity index (χ1v) is 4.82. The summed E-state index contributed by atoms with van der Waals surface area (Å²) in [6.45, 7) is -0.412. The summed E-state index contributed by atoms with van der Waals surface area (Å²) in [5.74, 6) is -0.652. The van der Waals surface area contributed by atoms with Crippen LogP contribution in [-0.4, -0.2) is 23.9 Å². The number of nitrogens with two attached hydrogens (primary N) is 1. The van der Waals surface area contributed by atoms with Gasteiger partial charge in [0.2, 0.25) is 0 Å². The van der Waals surface area contributed by atoms with Crippen LogP contribution in [0.25, 0.3) is 0 Å². The Bertz CT molecular complexity index is 457. The van der Waals surface area contributed by atoms with Gasteiger partial charge >= 0.3 is 6.09 Å². The summed E-state index contributed by atoms with van der Waals surface area (Å²) in [6.07, 6.45) is -1.69. The Labute approximate surface area is 97.2 Å². The van der Waals surface area contributed by atoms with Gasteiger partial charge in [0, 0.05) is 6.42 Å². The molecule has 0 heterocycles. The molecule has 1 aromatic rings. The van der Waals surface area contributed by atoms with E-state index in [1.165, 1.54) is 12.1 Å². The average Bonchev–Trinajstić information content (AvgIpc) is 2.27. The molecule has 1 amide bonds. The molecule has 0 saturated carbocycles. The second-order valence-corrected chi connectivity index (χ2v) is 3.37. The quantitative estimate of drug-likeness (QED) is 0.806. The smallest absolute Gasteiger partial charge is 0.404 e. The normalized spacial score (nSPS) is 11.6. The molecule has 0 saturated heterocycles. The number of ether oxygens (including phenoxy) is 1. The Morgan fingerprint density at radius 1 is 1.65 bits per heavy atom. The van der Waals surface area contributed by atoms with E-state index in [4.69, 9.17) is 16.1 Å². The highest BCUT2D eigenvalue weighted by Gasteiger charge is 2.13. The molecular formula is C11H11FN2O3. The summed E-state index contributed by atoms with van der Waals surface area (Å²) < 4.78 is 17.9. The van der Waals surface area contributed by atoms with Crippen molar-refractivity contribution in [2.24, 2.45) is 5.73 Å². The second kappa shape index (κ2) is 5.82. The predicted octanol–water partition coefficient (Wildman–Crippen LogP) is 0.696. The van der Waals surface area contributed by atoms with Crippen molar-refractivity contribution in [3.8, 4) is 6.07 Å². The van der Waals surface area contributed by atoms with Gasteiger partial charge in [-0.3, -0.25) is 0 Å². The van der Waals surface area contributed by atoms with Crippen LogP contribution in [0.3, 0.4) is 0 Å². The fourth-order valence-electron chi connectivity index (χ4n) is 1.35. The molecule has 90 valence electrons. The third kappa shape index (κ3) is 3.74. The number of nitrogens with zero attached hydrogens (tertiary/aromatic N) is 1. The maximum atomic E-state index is 13.2. The second-order valence-electron chi connectivity index (χ2n) is 3.37. The van der Waals surface area contributed by atoms with Gasteiger partial charge in [0.25, 0.3) is 0 Å². The van der Waals surface area contributed by atoms with Gasteiger partial charge in [0.05, 0.1) is 12.2 Å². The van der Waals surface area contributed by atoms with Gasteiger partial charge in [-0.25, -0.2) is 9.18 Å². The van der Waals surface area contributed by atoms with E-state index < -0.39 is 24.6 Å². The summed E-state index contributed by atoms with van der Waals surface area (Å²) in [4.78, 5) is 10.5. The number of amides is 1. The van der Waals surface area contributed by atoms with Crippen molar-refractivity contribution in [3.05, 3.63) is 35.1 Å². The van der Waals surface area contributed by atoms with Crippen LogP contribution in [0.2, 0.25) is 0 Å². The number of carbonyl (C=O) groups excluding carboxylic acids is 1. The zero-order valence-electron chi connectivity index (χ0n) is 8.89. The van der Waals surface area contributed by atoms with Gasteiger partial charge in [0.15, 0.2) is 0 Å². The van der Waals surface area contributed by atoms with Crippen molar-refractivity contribution < 1.29 is 19.0 Å². The third-order valence-corrected chi connectivity index (χ3v) is 2.10. The molecular weight excluding hydrogens is 227 g/mol. The van der Waals surface area contributed by atoms with Crippen LogP contribution >= 0.6 is 0 Å². The van der Waals surface area contributed by atoms with Crippen molar-refractivity contribution in [1.29, 1.82) is 5.26 Å². The number of nitriles is 1. The number of halogens is 1. The largest absolute Gasteiger partial charge is 0.444 e. The summed E-state index contributed by atoms with van der Waals surface area (Å²) in [6, 6.07) is 5.70. The maximum Gasteiger partial charge on any atom is 0.404 e. The lowest BCUT2D eigenvalue weighted by Crippen LogP contribution is -2.27. The van der Waals surface area contributed by atoms with Crippen LogP contribution < -0.4 is 5.73 Å². The van der Waals surface area contributed by atoms with E-state index in [1.54, 1.807) is 6.07 Å². The topological polar surface area (TPSA) is 96.3 Å². The molecule has 1 atom stereocenters. The monoisotopic (exact) mass is 238 g/mol. The molecule has 0 aromatic heterocycles. The van der Waals surface area contributed by atoms with Gasteiger partial charge < -0.3 is 15.6 Å². The van der Waals surface area contributed by atoms with Crippen molar-refractivity contribution in [1.82, 2.24) is 0 Å². The molecule has 0 radical (unpaired) electrons. The van der Waals surface area contributed by atoms with E-state index in [0.717, 1.165) is 6.07 Å². The summed E-state index contributed by atoms with van der Waals surface area (Å²) in [5.41, 5.74) is 5.25. The summed E-state index contributed by atoms with van der Waals surface area (Å²) >= 11 is 0. The number of aliphatic hydroxyl groups is 1. The number of aliphatic hydroxyl groups excluding tert-OH is 1. The lowest BCUT2D eigenvalue weighted by atomic mass is 10.1. The first-order valence-electron chi connectivity index (χ1n) is 4.82. The molecule has 6 heteroatoms. The summed E-state index contributed by atoms with van der Waals surface area (Å²) in [7, 11) is 0. The predicted molar refractivity (Wildman–Crippen MR) is 56.4 cm³/mol. The van der Waals surface area contributed by atoms with Gasteiger partial charge in [0.1, 0.15) is 18.0 Å². The molecule has 0 aliphatic carbocycles. The Morgan fingerprint density at radius 2 is 2.35 bits per heavy atom. The SMILES string of the molecule is N#Cc1ccc(CC(CO)OC(N)=O)cc1F. The highest BCUT2D eigenvalue weighted by molar-refractivity contribution is 5.64. The molecule has 3 N–H and O–H groups in total. The number of benzene rings is 1. The van der Waals surface area contributed by atoms with Crippen LogP contribution in [0.4, 0.5) is 9.18 Å². The molecule has 5 nitrogen and oxygen atoms in total. The molecule has 0 fully saturated rings. The highest BCUT2D eigenvalue weighted by Crippen LogP contribution is 2.12. The van der Waals surface area contributed by atoms with Crippen LogP contribution in [0.1, 0.15) is 11.1 Å². The Hall–Kier alpha value is -2.13. The van der Waals surface area contributed by atoms with Crippen LogP contribution in [-0.2, 0) is 11.2 Å². The molecule has 1 aromatic carbocycles. The van der Waals surface area contributed by atoms with Gasteiger partial charge in [-0.1, -0.05) is 6.07 Å². The zero-order valence-corrected chi connectivity index (χ0v) is 8.89. The maximum absolute atomic E-state index is 13.2. The molecule has 0 bridgehead atoms. The lowest BCUT2D eigenvalue weighted by molar-refractivity contribution is 0.0639. The number of rotatable bonds is 4. The van der Waals surface area contributed by atoms with E-state index in [9.17, 15) is 9.18 Å². The average molecular weight is 238 g/mol. The molecule has 17 heavy (non-hydrogen) atoms. The number of carbonyl (C=O) groups is 1. The minimum absolute atomic E-state index is 0.0647. The number of hydrogen-bond donors (Lipinski definition) is 2. The van der Waals surface area contributed by atoms with E-state index in [0.29, 0.717) is 5.56 Å². The van der Waals surface area contributed by atoms with E-state index in [1.807, 2.05) is 0 Å². The molecule has 1 rings (SSSR count).